The van der Waals surface area contributed by atoms with Gasteiger partial charge >= 0.3 is 6.09 Å². The van der Waals surface area contributed by atoms with E-state index < -0.39 is 17.0 Å². The van der Waals surface area contributed by atoms with Gasteiger partial charge in [-0.2, -0.15) is 0 Å². The molecule has 0 saturated carbocycles. The number of amides is 1. The van der Waals surface area contributed by atoms with Crippen LogP contribution < -0.4 is 21.5 Å². The summed E-state index contributed by atoms with van der Waals surface area (Å²) in [4.78, 5) is 32.9. The summed E-state index contributed by atoms with van der Waals surface area (Å²) in [6.07, 6.45) is 1.05. The normalized spacial score (nSPS) is 9.55. The quantitative estimate of drug-likeness (QED) is 0.398. The van der Waals surface area contributed by atoms with Gasteiger partial charge in [0.25, 0.3) is 0 Å². The topological polar surface area (TPSA) is 108 Å². The maximum absolute atomic E-state index is 11.1. The first-order valence-electron chi connectivity index (χ1n) is 6.34. The molecular formula is C13H20N3O4Y2-. The molecule has 0 unspecified atom stereocenters. The third kappa shape index (κ3) is 8.51. The number of carbonyl (C=O) groups excluding carboxylic acids is 1. The van der Waals surface area contributed by atoms with Crippen molar-refractivity contribution in [3.63, 3.8) is 0 Å². The van der Waals surface area contributed by atoms with E-state index in [2.05, 4.69) is 10.6 Å². The van der Waals surface area contributed by atoms with Gasteiger partial charge in [-0.15, -0.1) is 0 Å². The first-order chi connectivity index (χ1) is 9.47. The summed E-state index contributed by atoms with van der Waals surface area (Å²) in [7, 11) is 0. The Labute approximate surface area is 180 Å². The molecule has 3 N–H and O–H groups in total. The summed E-state index contributed by atoms with van der Waals surface area (Å²) in [5.41, 5.74) is 5.39. The van der Waals surface area contributed by atoms with Gasteiger partial charge < -0.3 is 21.1 Å². The number of alkyl carbamates (subject to hydrolysis) is 1. The van der Waals surface area contributed by atoms with Crippen LogP contribution in [-0.4, -0.2) is 19.2 Å². The van der Waals surface area contributed by atoms with Gasteiger partial charge in [0.05, 0.1) is 5.69 Å². The number of ether oxygens (including phenoxy) is 1. The maximum atomic E-state index is 11.1. The fraction of sp³-hybridized carbons (Fsp3) is 0.462. The van der Waals surface area contributed by atoms with Crippen molar-refractivity contribution >= 4 is 17.5 Å². The number of hydrogen-bond acceptors (Lipinski definition) is 5. The van der Waals surface area contributed by atoms with E-state index in [-0.39, 0.29) is 89.9 Å². The van der Waals surface area contributed by atoms with Gasteiger partial charge in [0.15, 0.2) is 0 Å². The Morgan fingerprint density at radius 2 is 1.73 bits per heavy atom. The second-order valence-electron chi connectivity index (χ2n) is 3.55. The van der Waals surface area contributed by atoms with Gasteiger partial charge in [-0.1, -0.05) is 19.5 Å². The fourth-order valence-corrected chi connectivity index (χ4v) is 1.15. The molecule has 0 saturated heterocycles. The molecule has 0 heterocycles. The SMILES string of the molecule is C/C=C(\C)OC(=O)NCCNc1c([NH-])c(=O)c1=O.CC.[Y].[Y]. The molecule has 0 aromatic heterocycles. The Morgan fingerprint density at radius 3 is 2.18 bits per heavy atom. The summed E-state index contributed by atoms with van der Waals surface area (Å²) in [5, 5.41) is 5.06. The Balaban J connectivity index is -0.000000864. The van der Waals surface area contributed by atoms with Crippen LogP contribution in [0.5, 0.6) is 0 Å². The van der Waals surface area contributed by atoms with E-state index in [4.69, 9.17) is 10.5 Å². The van der Waals surface area contributed by atoms with E-state index in [0.717, 1.165) is 0 Å². The number of nitrogens with one attached hydrogen (secondary N) is 3. The van der Waals surface area contributed by atoms with E-state index in [1.165, 1.54) is 0 Å². The zero-order valence-corrected chi connectivity index (χ0v) is 19.0. The molecule has 0 fully saturated rings. The van der Waals surface area contributed by atoms with Gasteiger partial charge in [0.2, 0.25) is 10.9 Å². The molecule has 2 radical (unpaired) electrons. The van der Waals surface area contributed by atoms with Crippen molar-refractivity contribution in [2.24, 2.45) is 0 Å². The molecule has 1 rings (SSSR count). The smallest absolute Gasteiger partial charge is 0.412 e. The van der Waals surface area contributed by atoms with Crippen LogP contribution in [0.3, 0.4) is 0 Å². The summed E-state index contributed by atoms with van der Waals surface area (Å²) in [5.74, 6) is 0.483. The molecule has 7 nitrogen and oxygen atoms in total. The molecule has 0 atom stereocenters. The Bertz CT molecular complexity index is 552. The third-order valence-corrected chi connectivity index (χ3v) is 2.27. The van der Waals surface area contributed by atoms with Gasteiger partial charge in [-0.25, -0.2) is 4.79 Å². The predicted molar refractivity (Wildman–Crippen MR) is 79.1 cm³/mol. The summed E-state index contributed by atoms with van der Waals surface area (Å²) in [6, 6.07) is 0. The standard InChI is InChI=1S/C11H15N3O4.C2H6.2Y/c1-3-6(2)18-11(17)14-5-4-13-8-7(12)9(15)10(8)16;1-2;;/h3H,4-5H2,1-2H3,(H4,12,13,14,15,16,17);1-2H3;;/p-1/b6-3+;;;. The second kappa shape index (κ2) is 14.5. The van der Waals surface area contributed by atoms with Gasteiger partial charge in [-0.3, -0.25) is 9.59 Å². The number of allylic oxidation sites excluding steroid dienone is 2. The minimum atomic E-state index is -0.784. The molecule has 1 aromatic rings. The summed E-state index contributed by atoms with van der Waals surface area (Å²) >= 11 is 0. The number of rotatable bonds is 5. The van der Waals surface area contributed by atoms with E-state index in [0.29, 0.717) is 5.76 Å². The Hall–Kier alpha value is -0.102. The van der Waals surface area contributed by atoms with Gasteiger partial charge in [-0.05, 0) is 19.9 Å². The molecule has 0 aliphatic rings. The van der Waals surface area contributed by atoms with Crippen LogP contribution in [-0.2, 0) is 70.2 Å². The van der Waals surface area contributed by atoms with Crippen LogP contribution in [0.25, 0.3) is 5.73 Å². The number of carbonyl (C=O) groups is 1. The molecule has 9 heteroatoms. The Kier molecular flexibility index (Phi) is 17.6. The average Bonchev–Trinajstić information content (AvgIpc) is 2.47. The third-order valence-electron chi connectivity index (χ3n) is 2.27. The number of anilines is 1. The van der Waals surface area contributed by atoms with E-state index in [9.17, 15) is 14.4 Å². The van der Waals surface area contributed by atoms with Crippen LogP contribution >= 0.6 is 0 Å². The van der Waals surface area contributed by atoms with Crippen molar-refractivity contribution in [1.82, 2.24) is 5.32 Å². The van der Waals surface area contributed by atoms with Crippen LogP contribution in [0.1, 0.15) is 27.7 Å². The van der Waals surface area contributed by atoms with Crippen molar-refractivity contribution in [2.75, 3.05) is 18.4 Å². The van der Waals surface area contributed by atoms with Crippen molar-refractivity contribution in [3.8, 4) is 0 Å². The van der Waals surface area contributed by atoms with Crippen LogP contribution in [0.2, 0.25) is 0 Å². The van der Waals surface area contributed by atoms with Crippen LogP contribution in [0.4, 0.5) is 16.2 Å². The van der Waals surface area contributed by atoms with Crippen molar-refractivity contribution in [2.45, 2.75) is 27.7 Å². The zero-order valence-electron chi connectivity index (χ0n) is 13.3. The maximum Gasteiger partial charge on any atom is 0.412 e. The Morgan fingerprint density at radius 1 is 1.18 bits per heavy atom. The molecular weight excluding hydrogens is 440 g/mol. The van der Waals surface area contributed by atoms with Crippen molar-refractivity contribution in [1.29, 1.82) is 0 Å². The molecule has 0 bridgehead atoms. The van der Waals surface area contributed by atoms with Gasteiger partial charge in [0.1, 0.15) is 5.76 Å². The molecule has 0 aliphatic heterocycles. The zero-order chi connectivity index (χ0) is 15.7. The average molecular weight is 460 g/mol. The fourth-order valence-electron chi connectivity index (χ4n) is 1.15. The molecule has 1 aromatic carbocycles. The van der Waals surface area contributed by atoms with Crippen LogP contribution in [0, 0.1) is 0 Å². The van der Waals surface area contributed by atoms with E-state index >= 15 is 0 Å². The van der Waals surface area contributed by atoms with Crippen LogP contribution in [0.15, 0.2) is 21.4 Å². The summed E-state index contributed by atoms with van der Waals surface area (Å²) in [6.45, 7) is 7.84. The predicted octanol–water partition coefficient (Wildman–Crippen LogP) is 2.05. The minimum Gasteiger partial charge on any atom is -0.694 e. The first-order valence-corrected chi connectivity index (χ1v) is 6.34. The minimum absolute atomic E-state index is 0. The second-order valence-corrected chi connectivity index (χ2v) is 3.55. The molecule has 1 amide bonds. The summed E-state index contributed by atoms with van der Waals surface area (Å²) < 4.78 is 4.82. The van der Waals surface area contributed by atoms with Crippen molar-refractivity contribution in [3.05, 3.63) is 38.0 Å². The molecule has 0 spiro atoms. The van der Waals surface area contributed by atoms with Crippen molar-refractivity contribution < 1.29 is 74.9 Å². The monoisotopic (exact) mass is 460 g/mol. The molecule has 118 valence electrons. The molecule has 22 heavy (non-hydrogen) atoms. The largest absolute Gasteiger partial charge is 0.694 e. The molecule has 0 aliphatic carbocycles. The van der Waals surface area contributed by atoms with Gasteiger partial charge in [0, 0.05) is 78.5 Å². The number of hydrogen-bond donors (Lipinski definition) is 2. The van der Waals surface area contributed by atoms with E-state index in [1.807, 2.05) is 13.8 Å². The first kappa shape index (κ1) is 26.8. The van der Waals surface area contributed by atoms with E-state index in [1.54, 1.807) is 19.9 Å².